The van der Waals surface area contributed by atoms with Crippen molar-refractivity contribution < 1.29 is 9.59 Å². The van der Waals surface area contributed by atoms with Crippen LogP contribution < -0.4 is 16.2 Å². The van der Waals surface area contributed by atoms with Crippen LogP contribution in [-0.4, -0.2) is 53.1 Å². The van der Waals surface area contributed by atoms with Gasteiger partial charge in [0.15, 0.2) is 0 Å². The van der Waals surface area contributed by atoms with Crippen molar-refractivity contribution in [1.82, 2.24) is 26.1 Å². The van der Waals surface area contributed by atoms with Gasteiger partial charge in [0, 0.05) is 30.1 Å². The molecule has 0 saturated heterocycles. The average molecular weight is 428 g/mol. The van der Waals surface area contributed by atoms with Crippen molar-refractivity contribution in [2.45, 2.75) is 0 Å². The number of hydrogen-bond donors (Lipinski definition) is 4. The molecular formula is C22H20N8O2. The first-order chi connectivity index (χ1) is 15.7. The monoisotopic (exact) mass is 428 g/mol. The molecule has 0 unspecified atom stereocenters. The minimum atomic E-state index is -0.328. The fourth-order valence-electron chi connectivity index (χ4n) is 2.91. The third kappa shape index (κ3) is 5.30. The second-order valence-corrected chi connectivity index (χ2v) is 6.72. The summed E-state index contributed by atoms with van der Waals surface area (Å²) < 4.78 is 0. The summed E-state index contributed by atoms with van der Waals surface area (Å²) in [6.07, 6.45) is 6.17. The Labute approximate surface area is 183 Å². The van der Waals surface area contributed by atoms with Crippen molar-refractivity contribution in [3.05, 3.63) is 77.9 Å². The van der Waals surface area contributed by atoms with Crippen LogP contribution in [-0.2, 0) is 0 Å². The van der Waals surface area contributed by atoms with Gasteiger partial charge in [-0.15, -0.1) is 0 Å². The Kier molecular flexibility index (Phi) is 6.42. The molecule has 0 fully saturated rings. The summed E-state index contributed by atoms with van der Waals surface area (Å²) in [5.74, 6) is 0.561. The van der Waals surface area contributed by atoms with Crippen molar-refractivity contribution in [3.63, 3.8) is 0 Å². The number of hydrazone groups is 2. The molecule has 0 bridgehead atoms. The number of aromatic nitrogens is 2. The van der Waals surface area contributed by atoms with E-state index in [1.165, 1.54) is 12.4 Å². The van der Waals surface area contributed by atoms with Gasteiger partial charge < -0.3 is 10.3 Å². The number of H-pyrrole nitrogens is 1. The third-order valence-electron chi connectivity index (χ3n) is 4.55. The SMILES string of the molecule is O=C(N/N=C/C1=NCCN1)c1ccc(-c2ccc(C(=O)N/N=C/c3ncc[nH]3)cc2)cc1. The summed E-state index contributed by atoms with van der Waals surface area (Å²) in [4.78, 5) is 35.4. The molecule has 10 nitrogen and oxygen atoms in total. The van der Waals surface area contributed by atoms with Gasteiger partial charge in [0.2, 0.25) is 0 Å². The van der Waals surface area contributed by atoms with Gasteiger partial charge >= 0.3 is 0 Å². The van der Waals surface area contributed by atoms with E-state index >= 15 is 0 Å². The number of nitrogens with zero attached hydrogens (tertiary/aromatic N) is 4. The summed E-state index contributed by atoms with van der Waals surface area (Å²) >= 11 is 0. The van der Waals surface area contributed by atoms with Crippen LogP contribution in [0.4, 0.5) is 0 Å². The molecule has 0 saturated carbocycles. The number of carbonyl (C=O) groups excluding carboxylic acids is 2. The minimum Gasteiger partial charge on any atom is -0.367 e. The molecule has 1 aliphatic rings. The van der Waals surface area contributed by atoms with E-state index < -0.39 is 0 Å². The Bertz CT molecular complexity index is 1160. The fourth-order valence-corrected chi connectivity index (χ4v) is 2.91. The van der Waals surface area contributed by atoms with Crippen LogP contribution in [0.1, 0.15) is 26.5 Å². The van der Waals surface area contributed by atoms with E-state index in [1.807, 2.05) is 24.3 Å². The number of rotatable bonds is 7. The van der Waals surface area contributed by atoms with E-state index in [0.717, 1.165) is 17.7 Å². The lowest BCUT2D eigenvalue weighted by molar-refractivity contribution is 0.0947. The van der Waals surface area contributed by atoms with Gasteiger partial charge in [-0.05, 0) is 35.4 Å². The van der Waals surface area contributed by atoms with Crippen LogP contribution in [0, 0.1) is 0 Å². The number of amides is 2. The van der Waals surface area contributed by atoms with Crippen molar-refractivity contribution in [3.8, 4) is 11.1 Å². The maximum Gasteiger partial charge on any atom is 0.271 e. The van der Waals surface area contributed by atoms with Gasteiger partial charge in [-0.25, -0.2) is 15.8 Å². The van der Waals surface area contributed by atoms with Crippen LogP contribution in [0.15, 0.2) is 76.1 Å². The van der Waals surface area contributed by atoms with Gasteiger partial charge in [0.1, 0.15) is 11.7 Å². The molecule has 2 amide bonds. The fraction of sp³-hybridized carbons (Fsp3) is 0.0909. The summed E-state index contributed by atoms with van der Waals surface area (Å²) in [5, 5.41) is 10.8. The van der Waals surface area contributed by atoms with Gasteiger partial charge in [-0.1, -0.05) is 24.3 Å². The lowest BCUT2D eigenvalue weighted by Gasteiger charge is -2.05. The van der Waals surface area contributed by atoms with Crippen molar-refractivity contribution in [2.24, 2.45) is 15.2 Å². The highest BCUT2D eigenvalue weighted by molar-refractivity contribution is 6.30. The Hall–Kier alpha value is -4.60. The van der Waals surface area contributed by atoms with E-state index in [-0.39, 0.29) is 11.8 Å². The van der Waals surface area contributed by atoms with Gasteiger partial charge in [-0.3, -0.25) is 14.6 Å². The first-order valence-electron chi connectivity index (χ1n) is 9.84. The standard InChI is InChI=1S/C22H20N8O2/c31-21(29-27-13-19-23-9-10-24-19)17-5-1-15(2-6-17)16-3-7-18(8-4-16)22(32)30-28-14-20-25-11-12-26-20/h1-10,13-14H,11-12H2,(H,23,24)(H,25,26)(H,29,31)(H,30,32)/b27-13+,28-14+. The van der Waals surface area contributed by atoms with Crippen LogP contribution in [0.5, 0.6) is 0 Å². The number of aromatic amines is 1. The van der Waals surface area contributed by atoms with Gasteiger partial charge in [-0.2, -0.15) is 10.2 Å². The van der Waals surface area contributed by atoms with Crippen molar-refractivity contribution in [2.75, 3.05) is 13.1 Å². The molecule has 0 spiro atoms. The second-order valence-electron chi connectivity index (χ2n) is 6.72. The summed E-state index contributed by atoms with van der Waals surface area (Å²) in [7, 11) is 0. The molecule has 4 rings (SSSR count). The van der Waals surface area contributed by atoms with Crippen LogP contribution in [0.25, 0.3) is 11.1 Å². The first-order valence-corrected chi connectivity index (χ1v) is 9.84. The highest BCUT2D eigenvalue weighted by Gasteiger charge is 2.08. The van der Waals surface area contributed by atoms with Crippen molar-refractivity contribution >= 4 is 30.1 Å². The molecule has 32 heavy (non-hydrogen) atoms. The number of aliphatic imine (C=N–C) groups is 1. The quantitative estimate of drug-likeness (QED) is 0.335. The van der Waals surface area contributed by atoms with Crippen LogP contribution >= 0.6 is 0 Å². The van der Waals surface area contributed by atoms with Crippen molar-refractivity contribution in [1.29, 1.82) is 0 Å². The van der Waals surface area contributed by atoms with E-state index in [4.69, 9.17) is 0 Å². The molecular weight excluding hydrogens is 408 g/mol. The topological polar surface area (TPSA) is 136 Å². The summed E-state index contributed by atoms with van der Waals surface area (Å²) in [6.45, 7) is 1.49. The maximum absolute atomic E-state index is 12.2. The van der Waals surface area contributed by atoms with Gasteiger partial charge in [0.25, 0.3) is 11.8 Å². The zero-order valence-electron chi connectivity index (χ0n) is 16.9. The maximum atomic E-state index is 12.2. The third-order valence-corrected chi connectivity index (χ3v) is 4.55. The smallest absolute Gasteiger partial charge is 0.271 e. The van der Waals surface area contributed by atoms with Crippen LogP contribution in [0.3, 0.4) is 0 Å². The molecule has 2 heterocycles. The minimum absolute atomic E-state index is 0.312. The predicted octanol–water partition coefficient (Wildman–Crippen LogP) is 1.56. The lowest BCUT2D eigenvalue weighted by atomic mass is 10.0. The van der Waals surface area contributed by atoms with E-state index in [1.54, 1.807) is 36.7 Å². The molecule has 2 aromatic carbocycles. The number of carbonyl (C=O) groups is 2. The zero-order chi connectivity index (χ0) is 22.2. The molecule has 10 heteroatoms. The normalized spacial score (nSPS) is 13.2. The Morgan fingerprint density at radius 2 is 1.47 bits per heavy atom. The molecule has 3 aromatic rings. The lowest BCUT2D eigenvalue weighted by Crippen LogP contribution is -2.23. The number of imidazole rings is 1. The largest absolute Gasteiger partial charge is 0.367 e. The highest BCUT2D eigenvalue weighted by atomic mass is 16.2. The number of amidine groups is 1. The highest BCUT2D eigenvalue weighted by Crippen LogP contribution is 2.20. The zero-order valence-corrected chi connectivity index (χ0v) is 16.9. The second kappa shape index (κ2) is 9.94. The molecule has 0 atom stereocenters. The van der Waals surface area contributed by atoms with E-state index in [9.17, 15) is 9.59 Å². The number of hydrogen-bond acceptors (Lipinski definition) is 7. The average Bonchev–Trinajstić information content (AvgIpc) is 3.54. The predicted molar refractivity (Wildman–Crippen MR) is 122 cm³/mol. The Balaban J connectivity index is 1.33. The molecule has 4 N–H and O–H groups in total. The summed E-state index contributed by atoms with van der Waals surface area (Å²) in [5.41, 5.74) is 7.72. The number of nitrogens with one attached hydrogen (secondary N) is 4. The van der Waals surface area contributed by atoms with Crippen LogP contribution in [0.2, 0.25) is 0 Å². The molecule has 0 radical (unpaired) electrons. The van der Waals surface area contributed by atoms with E-state index in [2.05, 4.69) is 41.3 Å². The van der Waals surface area contributed by atoms with E-state index in [0.29, 0.717) is 29.3 Å². The molecule has 1 aliphatic heterocycles. The molecule has 0 aliphatic carbocycles. The molecule has 160 valence electrons. The number of benzene rings is 2. The first kappa shape index (κ1) is 20.7. The summed E-state index contributed by atoms with van der Waals surface area (Å²) in [6, 6.07) is 14.2. The molecule has 1 aromatic heterocycles. The van der Waals surface area contributed by atoms with Gasteiger partial charge in [0.05, 0.1) is 19.0 Å². The Morgan fingerprint density at radius 1 is 0.875 bits per heavy atom. The Morgan fingerprint density at radius 3 is 1.97 bits per heavy atom.